The Kier molecular flexibility index (Phi) is 4.70. The van der Waals surface area contributed by atoms with Gasteiger partial charge in [0.2, 0.25) is 6.79 Å². The van der Waals surface area contributed by atoms with Gasteiger partial charge in [-0.3, -0.25) is 0 Å². The van der Waals surface area contributed by atoms with Crippen LogP contribution in [-0.4, -0.2) is 16.6 Å². The summed E-state index contributed by atoms with van der Waals surface area (Å²) in [7, 11) is 0. The van der Waals surface area contributed by atoms with Crippen LogP contribution < -0.4 is 9.47 Å². The van der Waals surface area contributed by atoms with E-state index < -0.39 is 0 Å². The summed E-state index contributed by atoms with van der Waals surface area (Å²) in [6.07, 6.45) is 7.35. The number of benzene rings is 3. The molecule has 0 radical (unpaired) electrons. The van der Waals surface area contributed by atoms with E-state index in [0.717, 1.165) is 40.9 Å². The van der Waals surface area contributed by atoms with Crippen molar-refractivity contribution in [1.29, 1.82) is 5.26 Å². The second-order valence-electron chi connectivity index (χ2n) is 8.29. The Labute approximate surface area is 192 Å². The summed E-state index contributed by atoms with van der Waals surface area (Å²) in [5, 5.41) is 14.9. The first-order chi connectivity index (χ1) is 16.3. The molecule has 3 aromatic carbocycles. The van der Waals surface area contributed by atoms with Gasteiger partial charge in [-0.1, -0.05) is 30.3 Å². The molecule has 2 aliphatic rings. The maximum absolute atomic E-state index is 9.98. The first-order valence-corrected chi connectivity index (χ1v) is 11.1. The fourth-order valence-electron chi connectivity index (χ4n) is 4.55. The summed E-state index contributed by atoms with van der Waals surface area (Å²) in [6.45, 7) is 0.205. The Bertz CT molecular complexity index is 1430. The molecular weight excluding hydrogens is 410 g/mol. The van der Waals surface area contributed by atoms with Crippen molar-refractivity contribution in [3.05, 3.63) is 95.2 Å². The molecule has 1 aromatic heterocycles. The van der Waals surface area contributed by atoms with Crippen molar-refractivity contribution in [1.82, 2.24) is 9.78 Å². The zero-order valence-electron chi connectivity index (χ0n) is 18.0. The second kappa shape index (κ2) is 7.99. The van der Waals surface area contributed by atoms with E-state index in [-0.39, 0.29) is 6.79 Å². The maximum Gasteiger partial charge on any atom is 0.231 e. The summed E-state index contributed by atoms with van der Waals surface area (Å²) in [5.41, 5.74) is 7.95. The van der Waals surface area contributed by atoms with Gasteiger partial charge in [0.25, 0.3) is 0 Å². The van der Waals surface area contributed by atoms with Gasteiger partial charge in [0.15, 0.2) is 11.5 Å². The number of para-hydroxylation sites is 1. The molecule has 0 unspecified atom stereocenters. The topological polar surface area (TPSA) is 60.1 Å². The number of ether oxygens (including phenoxy) is 2. The summed E-state index contributed by atoms with van der Waals surface area (Å²) in [6, 6.07) is 24.6. The van der Waals surface area contributed by atoms with Gasteiger partial charge in [0.05, 0.1) is 17.3 Å². The minimum atomic E-state index is 0.205. The lowest BCUT2D eigenvalue weighted by molar-refractivity contribution is 0.174. The third-order valence-corrected chi connectivity index (χ3v) is 6.24. The van der Waals surface area contributed by atoms with Crippen LogP contribution in [0.5, 0.6) is 11.5 Å². The fraction of sp³-hybridized carbons (Fsp3) is 0.143. The Morgan fingerprint density at radius 2 is 1.79 bits per heavy atom. The van der Waals surface area contributed by atoms with Gasteiger partial charge in [-0.15, -0.1) is 0 Å². The summed E-state index contributed by atoms with van der Waals surface area (Å²) in [5.74, 6) is 1.36. The van der Waals surface area contributed by atoms with E-state index in [2.05, 4.69) is 24.3 Å². The molecule has 33 heavy (non-hydrogen) atoms. The van der Waals surface area contributed by atoms with Crippen molar-refractivity contribution >= 4 is 11.6 Å². The lowest BCUT2D eigenvalue weighted by Gasteiger charge is -2.05. The molecule has 0 amide bonds. The predicted octanol–water partition coefficient (Wildman–Crippen LogP) is 5.82. The molecule has 0 spiro atoms. The molecule has 1 aliphatic carbocycles. The van der Waals surface area contributed by atoms with Crippen molar-refractivity contribution < 1.29 is 9.47 Å². The highest BCUT2D eigenvalue weighted by Gasteiger charge is 2.18. The monoisotopic (exact) mass is 431 g/mol. The smallest absolute Gasteiger partial charge is 0.231 e. The highest BCUT2D eigenvalue weighted by Crippen LogP contribution is 2.36. The Morgan fingerprint density at radius 1 is 0.939 bits per heavy atom. The molecule has 0 bridgehead atoms. The first-order valence-electron chi connectivity index (χ1n) is 11.1. The molecule has 0 saturated carbocycles. The zero-order valence-corrected chi connectivity index (χ0v) is 18.0. The second-order valence-corrected chi connectivity index (χ2v) is 8.29. The number of nitriles is 1. The van der Waals surface area contributed by atoms with Crippen molar-refractivity contribution in [3.63, 3.8) is 0 Å². The van der Waals surface area contributed by atoms with Crippen LogP contribution in [0, 0.1) is 11.3 Å². The number of hydrogen-bond acceptors (Lipinski definition) is 4. The van der Waals surface area contributed by atoms with Crippen LogP contribution in [0.4, 0.5) is 0 Å². The molecule has 2 heterocycles. The Hall–Kier alpha value is -4.30. The average Bonchev–Trinajstić information content (AvgIpc) is 3.61. The van der Waals surface area contributed by atoms with Gasteiger partial charge in [-0.2, -0.15) is 10.4 Å². The lowest BCUT2D eigenvalue weighted by atomic mass is 9.99. The van der Waals surface area contributed by atoms with Crippen molar-refractivity contribution in [2.24, 2.45) is 0 Å². The quantitative estimate of drug-likeness (QED) is 0.382. The zero-order chi connectivity index (χ0) is 22.2. The number of aromatic nitrogens is 2. The number of hydrogen-bond donors (Lipinski definition) is 0. The van der Waals surface area contributed by atoms with E-state index in [0.29, 0.717) is 17.1 Å². The van der Waals surface area contributed by atoms with Gasteiger partial charge in [0, 0.05) is 17.3 Å². The van der Waals surface area contributed by atoms with E-state index in [1.165, 1.54) is 17.5 Å². The third-order valence-electron chi connectivity index (χ3n) is 6.24. The molecule has 5 heteroatoms. The Balaban J connectivity index is 1.48. The van der Waals surface area contributed by atoms with Crippen molar-refractivity contribution in [3.8, 4) is 34.5 Å². The largest absolute Gasteiger partial charge is 0.454 e. The average molecular weight is 431 g/mol. The molecule has 0 fully saturated rings. The fourth-order valence-corrected chi connectivity index (χ4v) is 4.55. The number of rotatable bonds is 4. The third kappa shape index (κ3) is 3.56. The lowest BCUT2D eigenvalue weighted by Crippen LogP contribution is -1.94. The minimum Gasteiger partial charge on any atom is -0.454 e. The number of nitrogens with zero attached hydrogens (tertiary/aromatic N) is 3. The van der Waals surface area contributed by atoms with Crippen molar-refractivity contribution in [2.45, 2.75) is 19.3 Å². The molecule has 1 aliphatic heterocycles. The molecule has 0 atom stereocenters. The van der Waals surface area contributed by atoms with Crippen LogP contribution in [0.2, 0.25) is 0 Å². The van der Waals surface area contributed by atoms with Crippen LogP contribution in [0.25, 0.3) is 28.6 Å². The minimum absolute atomic E-state index is 0.205. The molecular formula is C28H21N3O2. The van der Waals surface area contributed by atoms with E-state index >= 15 is 0 Å². The van der Waals surface area contributed by atoms with E-state index in [9.17, 15) is 5.26 Å². The van der Waals surface area contributed by atoms with Crippen LogP contribution in [0.1, 0.15) is 28.7 Å². The molecule has 4 aromatic rings. The predicted molar refractivity (Wildman–Crippen MR) is 127 cm³/mol. The first kappa shape index (κ1) is 19.4. The summed E-state index contributed by atoms with van der Waals surface area (Å²) < 4.78 is 12.8. The number of fused-ring (bicyclic) bond motifs is 2. The number of aryl methyl sites for hydroxylation is 2. The van der Waals surface area contributed by atoms with E-state index in [1.54, 1.807) is 0 Å². The highest BCUT2D eigenvalue weighted by molar-refractivity contribution is 5.93. The van der Waals surface area contributed by atoms with Gasteiger partial charge in [-0.05, 0) is 78.4 Å². The summed E-state index contributed by atoms with van der Waals surface area (Å²) >= 11 is 0. The van der Waals surface area contributed by atoms with Gasteiger partial charge in [0.1, 0.15) is 5.69 Å². The summed E-state index contributed by atoms with van der Waals surface area (Å²) in [4.78, 5) is 0. The van der Waals surface area contributed by atoms with Gasteiger partial charge < -0.3 is 9.47 Å². The number of allylic oxidation sites excluding steroid dienone is 1. The normalized spacial score (nSPS) is 14.2. The van der Waals surface area contributed by atoms with Crippen LogP contribution in [-0.2, 0) is 12.8 Å². The Morgan fingerprint density at radius 3 is 2.67 bits per heavy atom. The van der Waals surface area contributed by atoms with Crippen molar-refractivity contribution in [2.75, 3.05) is 6.79 Å². The standard InChI is InChI=1S/C28H21N3O2/c29-16-23(21-11-12-26-27(15-21)33-18-32-26)14-24-17-31(25-7-2-1-3-8-25)30-28(24)22-10-9-19-5-4-6-20(19)13-22/h1-3,7-15,17H,4-6,18H2. The molecule has 160 valence electrons. The highest BCUT2D eigenvalue weighted by atomic mass is 16.7. The molecule has 5 nitrogen and oxygen atoms in total. The molecule has 0 saturated heterocycles. The molecule has 6 rings (SSSR count). The van der Waals surface area contributed by atoms with Gasteiger partial charge in [-0.25, -0.2) is 4.68 Å². The SMILES string of the molecule is N#CC(=Cc1cn(-c2ccccc2)nc1-c1ccc2c(c1)CCC2)c1ccc2c(c1)OCO2. The maximum atomic E-state index is 9.98. The van der Waals surface area contributed by atoms with Crippen LogP contribution in [0.3, 0.4) is 0 Å². The van der Waals surface area contributed by atoms with Gasteiger partial charge >= 0.3 is 0 Å². The van der Waals surface area contributed by atoms with E-state index in [4.69, 9.17) is 14.6 Å². The molecule has 0 N–H and O–H groups in total. The van der Waals surface area contributed by atoms with Crippen LogP contribution in [0.15, 0.2) is 72.9 Å². The van der Waals surface area contributed by atoms with Crippen LogP contribution >= 0.6 is 0 Å². The van der Waals surface area contributed by atoms with E-state index in [1.807, 2.05) is 65.5 Å².